The van der Waals surface area contributed by atoms with Crippen LogP contribution in [0.3, 0.4) is 0 Å². The van der Waals surface area contributed by atoms with Crippen molar-refractivity contribution in [3.63, 3.8) is 0 Å². The second kappa shape index (κ2) is 8.36. The molecule has 150 valence electrons. The molecule has 0 aliphatic carbocycles. The van der Waals surface area contributed by atoms with Crippen molar-refractivity contribution < 1.29 is 17.9 Å². The van der Waals surface area contributed by atoms with Crippen LogP contribution < -0.4 is 19.1 Å². The van der Waals surface area contributed by atoms with Crippen LogP contribution in [0.25, 0.3) is 0 Å². The molecule has 2 aliphatic rings. The van der Waals surface area contributed by atoms with Gasteiger partial charge in [-0.1, -0.05) is 0 Å². The number of sulfonamides is 1. The number of benzene rings is 1. The van der Waals surface area contributed by atoms with Gasteiger partial charge in [0.25, 0.3) is 0 Å². The number of anilines is 1. The average Bonchev–Trinajstić information content (AvgIpc) is 2.98. The van der Waals surface area contributed by atoms with Gasteiger partial charge in [-0.15, -0.1) is 0 Å². The second-order valence-corrected chi connectivity index (χ2v) is 8.92. The Morgan fingerprint density at radius 2 is 1.89 bits per heavy atom. The lowest BCUT2D eigenvalue weighted by Crippen LogP contribution is -2.38. The SMILES string of the molecule is O=S(=O)(NCC1CCN(c2cccnc2)CC1)c1ccc2c(c1)OCCCO2. The number of aromatic nitrogens is 1. The number of nitrogens with one attached hydrogen (secondary N) is 1. The van der Waals surface area contributed by atoms with Gasteiger partial charge in [0.15, 0.2) is 11.5 Å². The van der Waals surface area contributed by atoms with Crippen LogP contribution in [0.15, 0.2) is 47.6 Å². The fourth-order valence-corrected chi connectivity index (χ4v) is 4.69. The first-order chi connectivity index (χ1) is 13.6. The van der Waals surface area contributed by atoms with Crippen LogP contribution in [0.1, 0.15) is 19.3 Å². The third kappa shape index (κ3) is 4.39. The highest BCUT2D eigenvalue weighted by Crippen LogP contribution is 2.32. The highest BCUT2D eigenvalue weighted by Gasteiger charge is 2.23. The minimum absolute atomic E-state index is 0.213. The molecule has 0 amide bonds. The van der Waals surface area contributed by atoms with Crippen LogP contribution in [-0.2, 0) is 10.0 Å². The summed E-state index contributed by atoms with van der Waals surface area (Å²) in [6.45, 7) is 3.36. The summed E-state index contributed by atoms with van der Waals surface area (Å²) in [4.78, 5) is 6.67. The Kier molecular flexibility index (Phi) is 5.68. The van der Waals surface area contributed by atoms with E-state index in [2.05, 4.69) is 20.7 Å². The van der Waals surface area contributed by atoms with E-state index >= 15 is 0 Å². The monoisotopic (exact) mass is 403 g/mol. The van der Waals surface area contributed by atoms with Gasteiger partial charge in [0.1, 0.15) is 0 Å². The van der Waals surface area contributed by atoms with Crippen LogP contribution in [0.4, 0.5) is 5.69 Å². The molecule has 8 heteroatoms. The summed E-state index contributed by atoms with van der Waals surface area (Å²) in [5.41, 5.74) is 1.12. The Morgan fingerprint density at radius 1 is 1.11 bits per heavy atom. The van der Waals surface area contributed by atoms with Crippen molar-refractivity contribution in [3.8, 4) is 11.5 Å². The van der Waals surface area contributed by atoms with E-state index in [9.17, 15) is 8.42 Å². The molecule has 2 aliphatic heterocycles. The topological polar surface area (TPSA) is 80.8 Å². The van der Waals surface area contributed by atoms with Crippen molar-refractivity contribution in [2.24, 2.45) is 5.92 Å². The van der Waals surface area contributed by atoms with E-state index in [0.29, 0.717) is 37.2 Å². The van der Waals surface area contributed by atoms with Gasteiger partial charge in [-0.2, -0.15) is 0 Å². The molecule has 0 atom stereocenters. The van der Waals surface area contributed by atoms with E-state index in [-0.39, 0.29) is 4.90 Å². The first-order valence-electron chi connectivity index (χ1n) is 9.66. The Bertz CT molecular complexity index is 897. The third-order valence-electron chi connectivity index (χ3n) is 5.22. The number of hydrogen-bond donors (Lipinski definition) is 1. The Hall–Kier alpha value is -2.32. The van der Waals surface area contributed by atoms with Crippen molar-refractivity contribution >= 4 is 15.7 Å². The molecule has 3 heterocycles. The van der Waals surface area contributed by atoms with Crippen LogP contribution in [-0.4, -0.2) is 46.2 Å². The number of rotatable bonds is 5. The van der Waals surface area contributed by atoms with E-state index in [1.54, 1.807) is 24.4 Å². The zero-order valence-electron chi connectivity index (χ0n) is 15.7. The fraction of sp³-hybridized carbons (Fsp3) is 0.450. The number of ether oxygens (including phenoxy) is 2. The summed E-state index contributed by atoms with van der Waals surface area (Å²) >= 11 is 0. The first kappa shape index (κ1) is 19.0. The number of nitrogens with zero attached hydrogens (tertiary/aromatic N) is 2. The first-order valence-corrected chi connectivity index (χ1v) is 11.1. The maximum Gasteiger partial charge on any atom is 0.240 e. The quantitative estimate of drug-likeness (QED) is 0.826. The second-order valence-electron chi connectivity index (χ2n) is 7.15. The van der Waals surface area contributed by atoms with Crippen LogP contribution in [0, 0.1) is 5.92 Å². The smallest absolute Gasteiger partial charge is 0.240 e. The molecule has 0 saturated carbocycles. The van der Waals surface area contributed by atoms with Crippen LogP contribution in [0.2, 0.25) is 0 Å². The van der Waals surface area contributed by atoms with E-state index < -0.39 is 10.0 Å². The zero-order chi connectivity index (χ0) is 19.4. The molecule has 1 saturated heterocycles. The zero-order valence-corrected chi connectivity index (χ0v) is 16.5. The summed E-state index contributed by atoms with van der Waals surface area (Å²) in [6, 6.07) is 8.78. The van der Waals surface area contributed by atoms with Crippen LogP contribution in [0.5, 0.6) is 11.5 Å². The van der Waals surface area contributed by atoms with Gasteiger partial charge in [-0.25, -0.2) is 13.1 Å². The van der Waals surface area contributed by atoms with Gasteiger partial charge in [-0.05, 0) is 43.0 Å². The normalized spacial score (nSPS) is 17.9. The summed E-state index contributed by atoms with van der Waals surface area (Å²) in [7, 11) is -3.58. The molecular formula is C20H25N3O4S. The average molecular weight is 404 g/mol. The molecule has 0 unspecified atom stereocenters. The highest BCUT2D eigenvalue weighted by molar-refractivity contribution is 7.89. The molecule has 1 aromatic heterocycles. The van der Waals surface area contributed by atoms with Gasteiger partial charge in [0, 0.05) is 38.3 Å². The fourth-order valence-electron chi connectivity index (χ4n) is 3.56. The molecule has 0 radical (unpaired) electrons. The van der Waals surface area contributed by atoms with Gasteiger partial charge >= 0.3 is 0 Å². The molecule has 1 aromatic carbocycles. The van der Waals surface area contributed by atoms with E-state index in [0.717, 1.165) is 38.0 Å². The number of piperidine rings is 1. The van der Waals surface area contributed by atoms with Crippen LogP contribution >= 0.6 is 0 Å². The Labute approximate surface area is 165 Å². The van der Waals surface area contributed by atoms with Gasteiger partial charge in [0.2, 0.25) is 10.0 Å². The summed E-state index contributed by atoms with van der Waals surface area (Å²) < 4.78 is 39.4. The molecule has 2 aromatic rings. The lowest BCUT2D eigenvalue weighted by molar-refractivity contribution is 0.297. The van der Waals surface area contributed by atoms with Crippen molar-refractivity contribution in [2.75, 3.05) is 37.7 Å². The maximum absolute atomic E-state index is 12.7. The van der Waals surface area contributed by atoms with Gasteiger partial charge in [0.05, 0.1) is 30.0 Å². The number of hydrogen-bond acceptors (Lipinski definition) is 6. The van der Waals surface area contributed by atoms with Gasteiger partial charge in [-0.3, -0.25) is 4.98 Å². The third-order valence-corrected chi connectivity index (χ3v) is 6.64. The molecule has 28 heavy (non-hydrogen) atoms. The van der Waals surface area contributed by atoms with Crippen molar-refractivity contribution in [2.45, 2.75) is 24.2 Å². The Morgan fingerprint density at radius 3 is 2.64 bits per heavy atom. The van der Waals surface area contributed by atoms with E-state index in [1.165, 1.54) is 0 Å². The van der Waals surface area contributed by atoms with E-state index in [1.807, 2.05) is 12.3 Å². The predicted octanol–water partition coefficient (Wildman–Crippen LogP) is 2.44. The molecule has 1 N–H and O–H groups in total. The summed E-state index contributed by atoms with van der Waals surface area (Å²) in [5.74, 6) is 1.41. The lowest BCUT2D eigenvalue weighted by atomic mass is 9.97. The summed E-state index contributed by atoms with van der Waals surface area (Å²) in [6.07, 6.45) is 6.31. The molecule has 0 spiro atoms. The molecular weight excluding hydrogens is 378 g/mol. The van der Waals surface area contributed by atoms with Crippen molar-refractivity contribution in [1.82, 2.24) is 9.71 Å². The standard InChI is InChI=1S/C20H25N3O4S/c24-28(25,18-4-5-19-20(13-18)27-12-2-11-26-19)22-14-16-6-9-23(10-7-16)17-3-1-8-21-15-17/h1,3-5,8,13,15-16,22H,2,6-7,9-12,14H2. The number of fused-ring (bicyclic) bond motifs is 1. The molecule has 0 bridgehead atoms. The molecule has 1 fully saturated rings. The van der Waals surface area contributed by atoms with Gasteiger partial charge < -0.3 is 14.4 Å². The highest BCUT2D eigenvalue weighted by atomic mass is 32.2. The van der Waals surface area contributed by atoms with Crippen molar-refractivity contribution in [3.05, 3.63) is 42.7 Å². The minimum atomic E-state index is -3.58. The van der Waals surface area contributed by atoms with Crippen molar-refractivity contribution in [1.29, 1.82) is 0 Å². The maximum atomic E-state index is 12.7. The largest absolute Gasteiger partial charge is 0.490 e. The minimum Gasteiger partial charge on any atom is -0.490 e. The lowest BCUT2D eigenvalue weighted by Gasteiger charge is -2.33. The summed E-state index contributed by atoms with van der Waals surface area (Å²) in [5, 5.41) is 0. The molecule has 7 nitrogen and oxygen atoms in total. The van der Waals surface area contributed by atoms with E-state index in [4.69, 9.17) is 9.47 Å². The number of pyridine rings is 1. The Balaban J connectivity index is 1.34. The molecule has 4 rings (SSSR count). The predicted molar refractivity (Wildman–Crippen MR) is 106 cm³/mol.